The zero-order chi connectivity index (χ0) is 12.8. The van der Waals surface area contributed by atoms with E-state index < -0.39 is 0 Å². The van der Waals surface area contributed by atoms with Crippen molar-refractivity contribution in [3.8, 4) is 5.75 Å². The number of hydrogen-bond acceptors (Lipinski definition) is 4. The highest BCUT2D eigenvalue weighted by Gasteiger charge is 2.22. The monoisotopic (exact) mass is 251 g/mol. The normalized spacial score (nSPS) is 17.9. The van der Waals surface area contributed by atoms with Crippen LogP contribution < -0.4 is 10.1 Å². The van der Waals surface area contributed by atoms with Crippen molar-refractivity contribution in [3.63, 3.8) is 0 Å². The fourth-order valence-electron chi connectivity index (χ4n) is 2.18. The molecule has 1 aliphatic heterocycles. The molecule has 1 unspecified atom stereocenters. The molecule has 0 amide bonds. The minimum atomic E-state index is -0.0970. The maximum atomic E-state index is 5.51. The Balaban J connectivity index is 2.06. The van der Waals surface area contributed by atoms with Gasteiger partial charge in [-0.2, -0.15) is 0 Å². The third-order valence-electron chi connectivity index (χ3n) is 3.07. The Morgan fingerprint density at radius 1 is 1.39 bits per heavy atom. The zero-order valence-corrected chi connectivity index (χ0v) is 11.0. The van der Waals surface area contributed by atoms with Crippen LogP contribution in [0, 0.1) is 0 Å². The van der Waals surface area contributed by atoms with Gasteiger partial charge in [-0.05, 0) is 24.2 Å². The van der Waals surface area contributed by atoms with Gasteiger partial charge in [0.25, 0.3) is 0 Å². The molecule has 1 heterocycles. The lowest BCUT2D eigenvalue weighted by Gasteiger charge is -2.21. The quantitative estimate of drug-likeness (QED) is 0.840. The predicted molar refractivity (Wildman–Crippen MR) is 69.7 cm³/mol. The SMILES string of the molecule is CCNC(CC1OCCO1)c1cccc(OC)c1. The average Bonchev–Trinajstić information content (AvgIpc) is 2.91. The Kier molecular flexibility index (Phi) is 4.99. The molecule has 1 aliphatic rings. The fourth-order valence-corrected chi connectivity index (χ4v) is 2.18. The van der Waals surface area contributed by atoms with E-state index in [9.17, 15) is 0 Å². The molecule has 1 fully saturated rings. The number of methoxy groups -OCH3 is 1. The highest BCUT2D eigenvalue weighted by molar-refractivity contribution is 5.30. The van der Waals surface area contributed by atoms with E-state index in [1.165, 1.54) is 5.56 Å². The first-order valence-corrected chi connectivity index (χ1v) is 6.44. The summed E-state index contributed by atoms with van der Waals surface area (Å²) in [5, 5.41) is 3.46. The molecule has 1 N–H and O–H groups in total. The van der Waals surface area contributed by atoms with E-state index in [0.717, 1.165) is 18.7 Å². The van der Waals surface area contributed by atoms with Crippen LogP contribution in [0.1, 0.15) is 24.9 Å². The number of benzene rings is 1. The Hall–Kier alpha value is -1.10. The van der Waals surface area contributed by atoms with E-state index in [1.54, 1.807) is 7.11 Å². The summed E-state index contributed by atoms with van der Waals surface area (Å²) in [5.74, 6) is 0.878. The van der Waals surface area contributed by atoms with Crippen LogP contribution in [0.15, 0.2) is 24.3 Å². The van der Waals surface area contributed by atoms with Gasteiger partial charge in [0.1, 0.15) is 5.75 Å². The Morgan fingerprint density at radius 3 is 2.83 bits per heavy atom. The number of hydrogen-bond donors (Lipinski definition) is 1. The average molecular weight is 251 g/mol. The standard InChI is InChI=1S/C14H21NO3/c1-3-15-13(10-14-17-7-8-18-14)11-5-4-6-12(9-11)16-2/h4-6,9,13-15H,3,7-8,10H2,1-2H3. The van der Waals surface area contributed by atoms with Crippen molar-refractivity contribution in [3.05, 3.63) is 29.8 Å². The maximum Gasteiger partial charge on any atom is 0.159 e. The van der Waals surface area contributed by atoms with E-state index in [-0.39, 0.29) is 12.3 Å². The second kappa shape index (κ2) is 6.73. The highest BCUT2D eigenvalue weighted by Crippen LogP contribution is 2.25. The highest BCUT2D eigenvalue weighted by atomic mass is 16.7. The molecule has 1 aromatic carbocycles. The molecule has 4 nitrogen and oxygen atoms in total. The van der Waals surface area contributed by atoms with E-state index >= 15 is 0 Å². The van der Waals surface area contributed by atoms with Gasteiger partial charge in [-0.3, -0.25) is 0 Å². The first-order valence-electron chi connectivity index (χ1n) is 6.44. The van der Waals surface area contributed by atoms with Gasteiger partial charge in [-0.1, -0.05) is 19.1 Å². The van der Waals surface area contributed by atoms with E-state index in [4.69, 9.17) is 14.2 Å². The molecule has 18 heavy (non-hydrogen) atoms. The predicted octanol–water partition coefficient (Wildman–Crippen LogP) is 2.11. The van der Waals surface area contributed by atoms with Gasteiger partial charge in [-0.15, -0.1) is 0 Å². The third-order valence-corrected chi connectivity index (χ3v) is 3.07. The lowest BCUT2D eigenvalue weighted by Crippen LogP contribution is -2.25. The second-order valence-electron chi connectivity index (χ2n) is 4.29. The molecule has 1 saturated heterocycles. The topological polar surface area (TPSA) is 39.7 Å². The molecule has 4 heteroatoms. The van der Waals surface area contributed by atoms with Crippen molar-refractivity contribution in [1.29, 1.82) is 0 Å². The Bertz CT molecular complexity index is 364. The summed E-state index contributed by atoms with van der Waals surface area (Å²) in [6, 6.07) is 8.35. The summed E-state index contributed by atoms with van der Waals surface area (Å²) in [6.07, 6.45) is 0.723. The van der Waals surface area contributed by atoms with Crippen molar-refractivity contribution in [2.75, 3.05) is 26.9 Å². The Labute approximate surface area is 108 Å². The second-order valence-corrected chi connectivity index (χ2v) is 4.29. The molecule has 0 spiro atoms. The maximum absolute atomic E-state index is 5.51. The van der Waals surface area contributed by atoms with Gasteiger partial charge < -0.3 is 19.5 Å². The molecule has 1 aromatic rings. The summed E-state index contributed by atoms with van der Waals surface area (Å²) in [4.78, 5) is 0. The van der Waals surface area contributed by atoms with Gasteiger partial charge in [0, 0.05) is 12.5 Å². The summed E-state index contributed by atoms with van der Waals surface area (Å²) in [7, 11) is 1.69. The lowest BCUT2D eigenvalue weighted by molar-refractivity contribution is -0.0529. The van der Waals surface area contributed by atoms with Gasteiger partial charge in [0.05, 0.1) is 20.3 Å². The third kappa shape index (κ3) is 3.45. The first kappa shape index (κ1) is 13.3. The van der Waals surface area contributed by atoms with Crippen molar-refractivity contribution < 1.29 is 14.2 Å². The van der Waals surface area contributed by atoms with Crippen molar-refractivity contribution in [1.82, 2.24) is 5.32 Å². The zero-order valence-electron chi connectivity index (χ0n) is 11.0. The first-order chi connectivity index (χ1) is 8.83. The molecule has 0 aliphatic carbocycles. The van der Waals surface area contributed by atoms with Crippen LogP contribution in [0.5, 0.6) is 5.75 Å². The van der Waals surface area contributed by atoms with Crippen LogP contribution in [0.3, 0.4) is 0 Å². The van der Waals surface area contributed by atoms with Crippen LogP contribution in [0.4, 0.5) is 0 Å². The van der Waals surface area contributed by atoms with Crippen molar-refractivity contribution >= 4 is 0 Å². The van der Waals surface area contributed by atoms with Crippen LogP contribution in [-0.2, 0) is 9.47 Å². The number of rotatable bonds is 6. The van der Waals surface area contributed by atoms with Crippen LogP contribution in [0.25, 0.3) is 0 Å². The Morgan fingerprint density at radius 2 is 2.17 bits per heavy atom. The number of ether oxygens (including phenoxy) is 3. The smallest absolute Gasteiger partial charge is 0.159 e. The van der Waals surface area contributed by atoms with Gasteiger partial charge in [-0.25, -0.2) is 0 Å². The van der Waals surface area contributed by atoms with Crippen LogP contribution in [0.2, 0.25) is 0 Å². The molecule has 0 saturated carbocycles. The minimum Gasteiger partial charge on any atom is -0.497 e. The molecule has 2 rings (SSSR count). The molecule has 100 valence electrons. The van der Waals surface area contributed by atoms with Gasteiger partial charge in [0.15, 0.2) is 6.29 Å². The summed E-state index contributed by atoms with van der Waals surface area (Å²) < 4.78 is 16.3. The van der Waals surface area contributed by atoms with E-state index in [0.29, 0.717) is 13.2 Å². The van der Waals surface area contributed by atoms with E-state index in [2.05, 4.69) is 24.4 Å². The largest absolute Gasteiger partial charge is 0.497 e. The molecular weight excluding hydrogens is 230 g/mol. The minimum absolute atomic E-state index is 0.0970. The summed E-state index contributed by atoms with van der Waals surface area (Å²) in [6.45, 7) is 4.40. The summed E-state index contributed by atoms with van der Waals surface area (Å²) in [5.41, 5.74) is 1.20. The molecular formula is C14H21NO3. The van der Waals surface area contributed by atoms with Crippen molar-refractivity contribution in [2.24, 2.45) is 0 Å². The molecule has 1 atom stereocenters. The lowest BCUT2D eigenvalue weighted by atomic mass is 10.0. The van der Waals surface area contributed by atoms with Gasteiger partial charge >= 0.3 is 0 Å². The molecule has 0 radical (unpaired) electrons. The van der Waals surface area contributed by atoms with Crippen molar-refractivity contribution in [2.45, 2.75) is 25.7 Å². The van der Waals surface area contributed by atoms with E-state index in [1.807, 2.05) is 12.1 Å². The summed E-state index contributed by atoms with van der Waals surface area (Å²) >= 11 is 0. The molecule has 0 aromatic heterocycles. The fraction of sp³-hybridized carbons (Fsp3) is 0.571. The number of nitrogens with one attached hydrogen (secondary N) is 1. The molecule has 0 bridgehead atoms. The van der Waals surface area contributed by atoms with Crippen LogP contribution >= 0.6 is 0 Å². The van der Waals surface area contributed by atoms with Gasteiger partial charge in [0.2, 0.25) is 0 Å². The van der Waals surface area contributed by atoms with Crippen LogP contribution in [-0.4, -0.2) is 33.2 Å².